The smallest absolute Gasteiger partial charge is 0.328 e. The van der Waals surface area contributed by atoms with Gasteiger partial charge in [0.15, 0.2) is 0 Å². The molecule has 0 aliphatic carbocycles. The highest BCUT2D eigenvalue weighted by Crippen LogP contribution is 2.20. The van der Waals surface area contributed by atoms with Crippen LogP contribution in [0.5, 0.6) is 0 Å². The number of amides is 10. The average Bonchev–Trinajstić information content (AvgIpc) is 3.79. The summed E-state index contributed by atoms with van der Waals surface area (Å²) < 4.78 is 0. The van der Waals surface area contributed by atoms with Gasteiger partial charge in [-0.2, -0.15) is 0 Å². The van der Waals surface area contributed by atoms with Gasteiger partial charge in [-0.15, -0.1) is 0 Å². The number of aliphatic hydroxyl groups excluding tert-OH is 4. The van der Waals surface area contributed by atoms with Gasteiger partial charge < -0.3 is 89.8 Å². The molecule has 1 heterocycles. The van der Waals surface area contributed by atoms with E-state index < -0.39 is 163 Å². The van der Waals surface area contributed by atoms with Crippen LogP contribution in [-0.2, 0) is 72.0 Å². The zero-order chi connectivity index (χ0) is 62.4. The molecule has 19 N–H and O–H groups in total. The molecule has 0 saturated heterocycles. The van der Waals surface area contributed by atoms with E-state index in [1.165, 1.54) is 6.92 Å². The van der Waals surface area contributed by atoms with E-state index in [9.17, 15) is 78.3 Å². The van der Waals surface area contributed by atoms with Crippen LogP contribution >= 0.6 is 0 Å². The first-order valence-corrected chi connectivity index (χ1v) is 27.0. The first kappa shape index (κ1) is 67.7. The monoisotopic (exact) mass is 1170 g/mol. The second kappa shape index (κ2) is 32.7. The molecule has 28 nitrogen and oxygen atoms in total. The van der Waals surface area contributed by atoms with Gasteiger partial charge in [0.1, 0.15) is 54.4 Å². The number of benzene rings is 3. The molecule has 0 aliphatic heterocycles. The number of H-pyrrole nitrogens is 1. The SMILES string of the molecule is CC[C@H](C)[C@H](NC(=O)[C@H](Cc1c[nH]c2ccccc12)NC(=O)[C@@H](NC(=O)[C@H](CC(N)=O)NC(=O)[C@@H](NC(=O)[C@H](Cc1ccccc1)NC(=O)[C@@H](NC(=O)[C@H](Cc1ccccc1)NC(=O)CN)[C@@H](C)O)[C@@H](C)O)[C@@H](C)O)C(=O)N[C@@H](CO)C(=O)O. The topological polar surface area (TPSA) is 465 Å². The maximum absolute atomic E-state index is 14.3. The molecule has 3 aromatic carbocycles. The molecular formula is C56H76N12O16. The van der Waals surface area contributed by atoms with Crippen molar-refractivity contribution in [3.63, 3.8) is 0 Å². The third-order valence-electron chi connectivity index (χ3n) is 13.6. The lowest BCUT2D eigenvalue weighted by Crippen LogP contribution is -2.64. The second-order valence-corrected chi connectivity index (χ2v) is 20.3. The van der Waals surface area contributed by atoms with Crippen LogP contribution in [0.25, 0.3) is 10.9 Å². The third kappa shape index (κ3) is 20.3. The molecule has 28 heteroatoms. The number of hydrogen-bond donors (Lipinski definition) is 17. The summed E-state index contributed by atoms with van der Waals surface area (Å²) in [6, 6.07) is 8.36. The number of aromatic nitrogens is 1. The van der Waals surface area contributed by atoms with Crippen molar-refractivity contribution in [1.29, 1.82) is 0 Å². The summed E-state index contributed by atoms with van der Waals surface area (Å²) in [6.45, 7) is 5.21. The minimum Gasteiger partial charge on any atom is -0.480 e. The molecule has 0 saturated carbocycles. The largest absolute Gasteiger partial charge is 0.480 e. The Hall–Kier alpha value is -8.83. The summed E-state index contributed by atoms with van der Waals surface area (Å²) in [4.78, 5) is 152. The first-order valence-electron chi connectivity index (χ1n) is 27.0. The quantitative estimate of drug-likeness (QED) is 0.0214. The van der Waals surface area contributed by atoms with Gasteiger partial charge in [0, 0.05) is 36.4 Å². The fourth-order valence-electron chi connectivity index (χ4n) is 8.68. The Morgan fingerprint density at radius 1 is 0.488 bits per heavy atom. The van der Waals surface area contributed by atoms with Gasteiger partial charge in [-0.3, -0.25) is 47.9 Å². The highest BCUT2D eigenvalue weighted by atomic mass is 16.4. The van der Waals surface area contributed by atoms with E-state index in [2.05, 4.69) is 52.8 Å². The molecule has 10 amide bonds. The zero-order valence-electron chi connectivity index (χ0n) is 47.0. The molecule has 0 radical (unpaired) electrons. The van der Waals surface area contributed by atoms with Crippen molar-refractivity contribution in [2.75, 3.05) is 13.2 Å². The Kier molecular flexibility index (Phi) is 26.4. The fraction of sp³-hybridized carbons (Fsp3) is 0.446. The molecule has 84 heavy (non-hydrogen) atoms. The summed E-state index contributed by atoms with van der Waals surface area (Å²) >= 11 is 0. The lowest BCUT2D eigenvalue weighted by molar-refractivity contribution is -0.143. The maximum atomic E-state index is 14.3. The zero-order valence-corrected chi connectivity index (χ0v) is 47.0. The Labute approximate surface area is 483 Å². The van der Waals surface area contributed by atoms with Gasteiger partial charge in [-0.25, -0.2) is 4.79 Å². The highest BCUT2D eigenvalue weighted by molar-refractivity contribution is 6.00. The maximum Gasteiger partial charge on any atom is 0.328 e. The lowest BCUT2D eigenvalue weighted by atomic mass is 9.96. The second-order valence-electron chi connectivity index (χ2n) is 20.3. The molecule has 0 spiro atoms. The van der Waals surface area contributed by atoms with Crippen molar-refractivity contribution in [2.45, 2.75) is 139 Å². The molecule has 13 atom stereocenters. The number of rotatable bonds is 33. The van der Waals surface area contributed by atoms with Crippen LogP contribution < -0.4 is 59.3 Å². The van der Waals surface area contributed by atoms with Gasteiger partial charge in [0.05, 0.1) is 37.9 Å². The number of hydrogen-bond acceptors (Lipinski definition) is 16. The molecule has 4 rings (SSSR count). The number of aromatic amines is 1. The number of para-hydroxylation sites is 1. The number of carboxylic acids is 1. The van der Waals surface area contributed by atoms with Crippen LogP contribution in [0.4, 0.5) is 0 Å². The van der Waals surface area contributed by atoms with E-state index >= 15 is 0 Å². The van der Waals surface area contributed by atoms with Crippen molar-refractivity contribution < 1.29 is 78.3 Å². The summed E-state index contributed by atoms with van der Waals surface area (Å²) in [6.07, 6.45) is -4.84. The highest BCUT2D eigenvalue weighted by Gasteiger charge is 2.39. The Balaban J connectivity index is 1.59. The molecule has 0 bridgehead atoms. The number of aliphatic hydroxyl groups is 4. The van der Waals surface area contributed by atoms with Gasteiger partial charge in [-0.1, -0.05) is 99.1 Å². The van der Waals surface area contributed by atoms with Crippen LogP contribution in [0.2, 0.25) is 0 Å². The molecule has 1 aromatic heterocycles. The number of nitrogens with two attached hydrogens (primary N) is 2. The Bertz CT molecular complexity index is 2920. The molecular weight excluding hydrogens is 1100 g/mol. The van der Waals surface area contributed by atoms with Crippen LogP contribution in [-0.4, -0.2) is 181 Å². The van der Waals surface area contributed by atoms with Gasteiger partial charge >= 0.3 is 5.97 Å². The van der Waals surface area contributed by atoms with Crippen LogP contribution in [0.3, 0.4) is 0 Å². The van der Waals surface area contributed by atoms with Crippen LogP contribution in [0.15, 0.2) is 91.1 Å². The van der Waals surface area contributed by atoms with Gasteiger partial charge in [0.2, 0.25) is 59.1 Å². The normalized spacial score (nSPS) is 15.8. The summed E-state index contributed by atoms with van der Waals surface area (Å²) in [7, 11) is 0. The summed E-state index contributed by atoms with van der Waals surface area (Å²) in [5.74, 6) is -12.9. The number of carboxylic acid groups (broad SMARTS) is 1. The van der Waals surface area contributed by atoms with E-state index in [0.717, 1.165) is 13.8 Å². The van der Waals surface area contributed by atoms with E-state index in [1.807, 2.05) is 0 Å². The third-order valence-corrected chi connectivity index (χ3v) is 13.6. The Morgan fingerprint density at radius 2 is 0.869 bits per heavy atom. The Morgan fingerprint density at radius 3 is 1.29 bits per heavy atom. The molecule has 0 aliphatic rings. The predicted octanol–water partition coefficient (Wildman–Crippen LogP) is -4.34. The van der Waals surface area contributed by atoms with Crippen LogP contribution in [0.1, 0.15) is 64.2 Å². The van der Waals surface area contributed by atoms with Crippen LogP contribution in [0, 0.1) is 5.92 Å². The number of carbonyl (C=O) groups is 11. The van der Waals surface area contributed by atoms with Crippen molar-refractivity contribution in [1.82, 2.24) is 52.8 Å². The summed E-state index contributed by atoms with van der Waals surface area (Å²) in [5, 5.41) is 73.8. The summed E-state index contributed by atoms with van der Waals surface area (Å²) in [5.41, 5.74) is 13.2. The number of fused-ring (bicyclic) bond motifs is 1. The van der Waals surface area contributed by atoms with E-state index in [1.54, 1.807) is 105 Å². The van der Waals surface area contributed by atoms with Crippen molar-refractivity contribution in [2.24, 2.45) is 17.4 Å². The minimum absolute atomic E-state index is 0.0436. The molecule has 0 fully saturated rings. The molecule has 456 valence electrons. The number of nitrogens with one attached hydrogen (secondary N) is 10. The van der Waals surface area contributed by atoms with Crippen molar-refractivity contribution in [3.8, 4) is 0 Å². The van der Waals surface area contributed by atoms with Crippen molar-refractivity contribution in [3.05, 3.63) is 108 Å². The number of carbonyl (C=O) groups excluding carboxylic acids is 10. The van der Waals surface area contributed by atoms with Gasteiger partial charge in [-0.05, 0) is 49.4 Å². The van der Waals surface area contributed by atoms with Crippen molar-refractivity contribution >= 4 is 75.9 Å². The van der Waals surface area contributed by atoms with Gasteiger partial charge in [0.25, 0.3) is 0 Å². The number of primary amides is 1. The molecule has 4 aromatic rings. The predicted molar refractivity (Wildman–Crippen MR) is 302 cm³/mol. The lowest BCUT2D eigenvalue weighted by Gasteiger charge is -2.30. The average molecular weight is 1170 g/mol. The fourth-order valence-corrected chi connectivity index (χ4v) is 8.68. The number of aliphatic carboxylic acids is 1. The van der Waals surface area contributed by atoms with E-state index in [4.69, 9.17) is 11.5 Å². The van der Waals surface area contributed by atoms with E-state index in [-0.39, 0.29) is 25.7 Å². The first-order chi connectivity index (χ1) is 39.8. The molecule has 0 unspecified atom stereocenters. The minimum atomic E-state index is -1.98. The standard InChI is InChI=1S/C56H76N12O16/c1-6-28(2)44(52(79)64-41(27-69)56(83)84)65-50(77)39(23-34-26-59-36-20-14-13-19-35(34)36)62-54(81)46(30(4)71)68-51(78)40(24-42(58)73)63-55(82)47(31(5)72)67-49(76)38(22-33-17-11-8-12-18-33)61-53(80)45(29(3)70)66-48(75)37(60-43(74)25-57)21-32-15-9-7-10-16-32/h7-20,26,28-31,37-41,44-47,59,69-72H,6,21-25,27,57H2,1-5H3,(H2,58,73)(H,60,74)(H,61,80)(H,62,81)(H,63,82)(H,64,79)(H,65,77)(H,66,75)(H,67,76)(H,68,78)(H,83,84)/t28-,29+,30+,31+,37-,38-,39-,40-,41-,44-,45-,46-,47-/m0/s1. The van der Waals surface area contributed by atoms with E-state index in [0.29, 0.717) is 27.6 Å².